The molecule has 0 fully saturated rings. The molecule has 0 aromatic heterocycles. The minimum absolute atomic E-state index is 0.859. The van der Waals surface area contributed by atoms with Crippen LogP contribution < -0.4 is 0 Å². The van der Waals surface area contributed by atoms with Crippen molar-refractivity contribution in [3.05, 3.63) is 109 Å². The van der Waals surface area contributed by atoms with E-state index in [9.17, 15) is 0 Å². The third-order valence-electron chi connectivity index (χ3n) is 3.87. The van der Waals surface area contributed by atoms with Crippen LogP contribution in [0.2, 0.25) is 0 Å². The summed E-state index contributed by atoms with van der Waals surface area (Å²) in [6.07, 6.45) is 12.7. The predicted octanol–water partition coefficient (Wildman–Crippen LogP) is 7.59. The molecule has 0 aliphatic carbocycles. The molecule has 128 valence electrons. The van der Waals surface area contributed by atoms with Gasteiger partial charge in [0, 0.05) is 0 Å². The van der Waals surface area contributed by atoms with Crippen LogP contribution >= 0.6 is 0 Å². The van der Waals surface area contributed by atoms with Crippen LogP contribution in [0.4, 0.5) is 0 Å². The van der Waals surface area contributed by atoms with Crippen LogP contribution in [0.15, 0.2) is 109 Å². The zero-order valence-corrected chi connectivity index (χ0v) is 15.8. The van der Waals surface area contributed by atoms with Crippen molar-refractivity contribution in [2.45, 2.75) is 40.0 Å². The van der Waals surface area contributed by atoms with Crippen LogP contribution in [0.3, 0.4) is 0 Å². The second-order valence-corrected chi connectivity index (χ2v) is 5.77. The summed E-state index contributed by atoms with van der Waals surface area (Å²) in [6, 6.07) is 0. The zero-order chi connectivity index (χ0) is 18.7. The maximum Gasteiger partial charge on any atom is -0.0230 e. The summed E-state index contributed by atoms with van der Waals surface area (Å²) >= 11 is 0. The van der Waals surface area contributed by atoms with Crippen molar-refractivity contribution < 1.29 is 0 Å². The summed E-state index contributed by atoms with van der Waals surface area (Å²) in [7, 11) is 0. The molecule has 0 N–H and O–H groups in total. The monoisotopic (exact) mass is 320 g/mol. The van der Waals surface area contributed by atoms with Gasteiger partial charge in [0.1, 0.15) is 0 Å². The first-order chi connectivity index (χ1) is 11.3. The van der Waals surface area contributed by atoms with E-state index in [1.54, 1.807) is 0 Å². The molecular weight excluding hydrogens is 288 g/mol. The number of hydrogen-bond donors (Lipinski definition) is 0. The van der Waals surface area contributed by atoms with Crippen molar-refractivity contribution >= 4 is 0 Å². The van der Waals surface area contributed by atoms with Gasteiger partial charge in [0.15, 0.2) is 0 Å². The molecule has 0 saturated heterocycles. The van der Waals surface area contributed by atoms with Crippen LogP contribution in [0.1, 0.15) is 40.0 Å². The molecule has 0 heteroatoms. The Morgan fingerprint density at radius 2 is 1.04 bits per heavy atom. The van der Waals surface area contributed by atoms with Crippen LogP contribution in [0, 0.1) is 0 Å². The highest BCUT2D eigenvalue weighted by Gasteiger charge is 2.05. The van der Waals surface area contributed by atoms with Gasteiger partial charge in [-0.05, 0) is 47.1 Å². The molecule has 0 heterocycles. The topological polar surface area (TPSA) is 0 Å². The molecule has 0 amide bonds. The van der Waals surface area contributed by atoms with E-state index in [1.165, 1.54) is 0 Å². The lowest BCUT2D eigenvalue weighted by atomic mass is 9.94. The molecule has 24 heavy (non-hydrogen) atoms. The van der Waals surface area contributed by atoms with E-state index in [0.29, 0.717) is 0 Å². The second-order valence-electron chi connectivity index (χ2n) is 5.77. The molecule has 0 aliphatic heterocycles. The lowest BCUT2D eigenvalue weighted by molar-refractivity contribution is 1.11. The summed E-state index contributed by atoms with van der Waals surface area (Å²) in [4.78, 5) is 0. The fourth-order valence-electron chi connectivity index (χ4n) is 1.79. The summed E-state index contributed by atoms with van der Waals surface area (Å²) in [5, 5.41) is 0. The third-order valence-corrected chi connectivity index (χ3v) is 3.87. The van der Waals surface area contributed by atoms with E-state index >= 15 is 0 Å². The standard InChI is InChI=1S/C24H32/c1-10-18(4)13-15-20(6)22(8)17-24(12-3)23(9)21(7)16-14-19(5)11-2/h13-17H,4-12H2,1-3H3/b15-13-,16-14-,24-17-. The molecule has 0 aliphatic rings. The minimum Gasteiger partial charge on any atom is -0.0958 e. The Morgan fingerprint density at radius 1 is 0.583 bits per heavy atom. The molecule has 0 nitrogen and oxygen atoms in total. The molecular formula is C24H32. The first-order valence-electron chi connectivity index (χ1n) is 8.45. The number of rotatable bonds is 11. The van der Waals surface area contributed by atoms with E-state index in [0.717, 1.165) is 58.3 Å². The highest BCUT2D eigenvalue weighted by molar-refractivity contribution is 5.54. The Balaban J connectivity index is 5.14. The average molecular weight is 321 g/mol. The molecule has 0 radical (unpaired) electrons. The van der Waals surface area contributed by atoms with Crippen LogP contribution in [0.25, 0.3) is 0 Å². The summed E-state index contributed by atoms with van der Waals surface area (Å²) in [6.45, 7) is 30.7. The third kappa shape index (κ3) is 7.78. The summed E-state index contributed by atoms with van der Waals surface area (Å²) in [5.41, 5.74) is 6.83. The van der Waals surface area contributed by atoms with Gasteiger partial charge in [-0.2, -0.15) is 0 Å². The largest absolute Gasteiger partial charge is 0.0958 e. The van der Waals surface area contributed by atoms with Crippen molar-refractivity contribution in [1.82, 2.24) is 0 Å². The molecule has 0 spiro atoms. The Bertz CT molecular complexity index is 627. The lowest BCUT2D eigenvalue weighted by Crippen LogP contribution is -1.92. The normalized spacial score (nSPS) is 11.7. The van der Waals surface area contributed by atoms with Gasteiger partial charge in [0.25, 0.3) is 0 Å². The summed E-state index contributed by atoms with van der Waals surface area (Å²) in [5.74, 6) is 0. The molecule has 0 rings (SSSR count). The molecule has 0 unspecified atom stereocenters. The zero-order valence-electron chi connectivity index (χ0n) is 15.8. The molecule has 0 bridgehead atoms. The maximum absolute atomic E-state index is 4.18. The second kappa shape index (κ2) is 11.2. The van der Waals surface area contributed by atoms with E-state index in [-0.39, 0.29) is 0 Å². The van der Waals surface area contributed by atoms with E-state index in [4.69, 9.17) is 0 Å². The van der Waals surface area contributed by atoms with Gasteiger partial charge in [-0.15, -0.1) is 0 Å². The van der Waals surface area contributed by atoms with Gasteiger partial charge >= 0.3 is 0 Å². The molecule has 0 atom stereocenters. The van der Waals surface area contributed by atoms with Crippen molar-refractivity contribution in [3.63, 3.8) is 0 Å². The summed E-state index contributed by atoms with van der Waals surface area (Å²) < 4.78 is 0. The highest BCUT2D eigenvalue weighted by atomic mass is 14.1. The van der Waals surface area contributed by atoms with Gasteiger partial charge in [0.05, 0.1) is 0 Å². The fraction of sp³-hybridized carbons (Fsp3) is 0.250. The average Bonchev–Trinajstić information content (AvgIpc) is 2.60. The van der Waals surface area contributed by atoms with Crippen molar-refractivity contribution in [2.24, 2.45) is 0 Å². The van der Waals surface area contributed by atoms with Gasteiger partial charge in [-0.1, -0.05) is 102 Å². The SMILES string of the molecule is C=C(/C=C\C(=C)C(=C)/C=C(/CC)C(=C)C(=C)/C=C\C(=C)CC)CC. The lowest BCUT2D eigenvalue weighted by Gasteiger charge is -2.11. The quantitative estimate of drug-likeness (QED) is 0.344. The Hall–Kier alpha value is -2.34. The van der Waals surface area contributed by atoms with Crippen LogP contribution in [-0.2, 0) is 0 Å². The highest BCUT2D eigenvalue weighted by Crippen LogP contribution is 2.24. The van der Waals surface area contributed by atoms with E-state index < -0.39 is 0 Å². The van der Waals surface area contributed by atoms with E-state index in [1.807, 2.05) is 30.4 Å². The Labute approximate surface area is 149 Å². The molecule has 0 aromatic carbocycles. The Kier molecular flexibility index (Phi) is 10.1. The fourth-order valence-corrected chi connectivity index (χ4v) is 1.79. The predicted molar refractivity (Wildman–Crippen MR) is 112 cm³/mol. The van der Waals surface area contributed by atoms with Gasteiger partial charge in [-0.25, -0.2) is 0 Å². The maximum atomic E-state index is 4.18. The van der Waals surface area contributed by atoms with Gasteiger partial charge < -0.3 is 0 Å². The van der Waals surface area contributed by atoms with Crippen molar-refractivity contribution in [1.29, 1.82) is 0 Å². The minimum atomic E-state index is 0.859. The smallest absolute Gasteiger partial charge is 0.0230 e. The van der Waals surface area contributed by atoms with Crippen molar-refractivity contribution in [2.75, 3.05) is 0 Å². The van der Waals surface area contributed by atoms with Gasteiger partial charge in [-0.3, -0.25) is 0 Å². The molecule has 0 saturated carbocycles. The number of allylic oxidation sites excluding steroid dienone is 12. The van der Waals surface area contributed by atoms with Gasteiger partial charge in [0.2, 0.25) is 0 Å². The van der Waals surface area contributed by atoms with Crippen LogP contribution in [-0.4, -0.2) is 0 Å². The molecule has 0 aromatic rings. The Morgan fingerprint density at radius 3 is 1.46 bits per heavy atom. The first kappa shape index (κ1) is 21.7. The first-order valence-corrected chi connectivity index (χ1v) is 8.45. The van der Waals surface area contributed by atoms with Crippen molar-refractivity contribution in [3.8, 4) is 0 Å². The number of hydrogen-bond acceptors (Lipinski definition) is 0. The van der Waals surface area contributed by atoms with Crippen LogP contribution in [0.5, 0.6) is 0 Å². The van der Waals surface area contributed by atoms with E-state index in [2.05, 4.69) is 60.2 Å².